The number of rotatable bonds is 5. The van der Waals surface area contributed by atoms with E-state index in [9.17, 15) is 18.4 Å². The van der Waals surface area contributed by atoms with Gasteiger partial charge in [0.15, 0.2) is 11.6 Å². The standard InChI is InChI=1S/C20H19F2NO4/c21-16-7-6-15(12-17(16)22)27-18(13-4-2-1-3-5-13)19(24)23-10-8-14(9-11-23)20(25)26/h1-7,12,14,18H,8-11H2,(H,25,26). The zero-order chi connectivity index (χ0) is 19.4. The second-order valence-electron chi connectivity index (χ2n) is 6.42. The molecule has 0 bridgehead atoms. The van der Waals surface area contributed by atoms with Crippen molar-refractivity contribution in [2.45, 2.75) is 18.9 Å². The molecular weight excluding hydrogens is 356 g/mol. The number of hydrogen-bond acceptors (Lipinski definition) is 3. The number of carboxylic acids is 1. The number of hydrogen-bond donors (Lipinski definition) is 1. The van der Waals surface area contributed by atoms with Gasteiger partial charge in [0.1, 0.15) is 5.75 Å². The van der Waals surface area contributed by atoms with Crippen molar-refractivity contribution in [3.63, 3.8) is 0 Å². The molecule has 1 amide bonds. The molecule has 142 valence electrons. The van der Waals surface area contributed by atoms with E-state index in [0.717, 1.165) is 12.1 Å². The number of benzene rings is 2. The molecule has 1 unspecified atom stereocenters. The van der Waals surface area contributed by atoms with Gasteiger partial charge in [0.25, 0.3) is 5.91 Å². The Labute approximate surface area is 155 Å². The fraction of sp³-hybridized carbons (Fsp3) is 0.300. The van der Waals surface area contributed by atoms with Crippen LogP contribution in [0.2, 0.25) is 0 Å². The first-order valence-electron chi connectivity index (χ1n) is 8.64. The van der Waals surface area contributed by atoms with Crippen molar-refractivity contribution < 1.29 is 28.2 Å². The second kappa shape index (κ2) is 8.16. The maximum absolute atomic E-state index is 13.5. The zero-order valence-corrected chi connectivity index (χ0v) is 14.5. The van der Waals surface area contributed by atoms with Gasteiger partial charge >= 0.3 is 5.97 Å². The van der Waals surface area contributed by atoms with Crippen LogP contribution in [0.5, 0.6) is 5.75 Å². The Kier molecular flexibility index (Phi) is 5.69. The largest absolute Gasteiger partial charge is 0.481 e. The molecule has 2 aromatic carbocycles. The van der Waals surface area contributed by atoms with Crippen LogP contribution < -0.4 is 4.74 Å². The normalized spacial score (nSPS) is 16.0. The molecule has 27 heavy (non-hydrogen) atoms. The summed E-state index contributed by atoms with van der Waals surface area (Å²) in [5.41, 5.74) is 0.576. The summed E-state index contributed by atoms with van der Waals surface area (Å²) in [6, 6.07) is 11.8. The summed E-state index contributed by atoms with van der Waals surface area (Å²) < 4.78 is 32.4. The van der Waals surface area contributed by atoms with E-state index in [2.05, 4.69) is 0 Å². The van der Waals surface area contributed by atoms with Gasteiger partial charge in [-0.3, -0.25) is 9.59 Å². The molecule has 2 aromatic rings. The molecule has 0 radical (unpaired) electrons. The van der Waals surface area contributed by atoms with Crippen molar-refractivity contribution in [2.24, 2.45) is 5.92 Å². The summed E-state index contributed by atoms with van der Waals surface area (Å²) in [4.78, 5) is 25.7. The minimum Gasteiger partial charge on any atom is -0.481 e. The molecule has 0 saturated carbocycles. The monoisotopic (exact) mass is 375 g/mol. The van der Waals surface area contributed by atoms with Crippen LogP contribution in [0, 0.1) is 17.6 Å². The van der Waals surface area contributed by atoms with Crippen LogP contribution in [0.4, 0.5) is 8.78 Å². The Hall–Kier alpha value is -2.96. The van der Waals surface area contributed by atoms with Crippen LogP contribution in [-0.2, 0) is 9.59 Å². The number of carbonyl (C=O) groups excluding carboxylic acids is 1. The molecule has 1 aliphatic heterocycles. The first-order valence-corrected chi connectivity index (χ1v) is 8.64. The Morgan fingerprint density at radius 2 is 1.70 bits per heavy atom. The number of carboxylic acid groups (broad SMARTS) is 1. The van der Waals surface area contributed by atoms with Crippen molar-refractivity contribution in [3.05, 3.63) is 65.7 Å². The first-order chi connectivity index (χ1) is 13.0. The second-order valence-corrected chi connectivity index (χ2v) is 6.42. The highest BCUT2D eigenvalue weighted by Crippen LogP contribution is 2.27. The van der Waals surface area contributed by atoms with Gasteiger partial charge in [-0.15, -0.1) is 0 Å². The number of aliphatic carboxylic acids is 1. The van der Waals surface area contributed by atoms with Gasteiger partial charge in [-0.05, 0) is 25.0 Å². The molecule has 1 aliphatic rings. The molecule has 0 spiro atoms. The third-order valence-electron chi connectivity index (χ3n) is 4.63. The fourth-order valence-corrected chi connectivity index (χ4v) is 3.09. The van der Waals surface area contributed by atoms with Gasteiger partial charge in [0, 0.05) is 24.7 Å². The van der Waals surface area contributed by atoms with Crippen LogP contribution in [-0.4, -0.2) is 35.0 Å². The Morgan fingerprint density at radius 3 is 2.30 bits per heavy atom. The summed E-state index contributed by atoms with van der Waals surface area (Å²) in [5, 5.41) is 9.10. The van der Waals surface area contributed by atoms with Crippen molar-refractivity contribution in [1.29, 1.82) is 0 Å². The predicted octanol–water partition coefficient (Wildman–Crippen LogP) is 3.41. The minimum absolute atomic E-state index is 0.0384. The van der Waals surface area contributed by atoms with Crippen molar-refractivity contribution in [1.82, 2.24) is 4.90 Å². The lowest BCUT2D eigenvalue weighted by Gasteiger charge is -2.33. The van der Waals surface area contributed by atoms with E-state index in [1.807, 2.05) is 0 Å². The summed E-state index contributed by atoms with van der Waals surface area (Å²) in [6.07, 6.45) is -0.293. The molecule has 1 heterocycles. The summed E-state index contributed by atoms with van der Waals surface area (Å²) in [5.74, 6) is -3.68. The van der Waals surface area contributed by atoms with E-state index in [0.29, 0.717) is 31.5 Å². The number of carbonyl (C=O) groups is 2. The van der Waals surface area contributed by atoms with Crippen LogP contribution in [0.15, 0.2) is 48.5 Å². The summed E-state index contributed by atoms with van der Waals surface area (Å²) in [7, 11) is 0. The lowest BCUT2D eigenvalue weighted by atomic mass is 9.96. The molecule has 7 heteroatoms. The van der Waals surface area contributed by atoms with E-state index in [1.54, 1.807) is 35.2 Å². The Bertz CT molecular complexity index is 820. The Morgan fingerprint density at radius 1 is 1.04 bits per heavy atom. The number of likely N-dealkylation sites (tertiary alicyclic amines) is 1. The van der Waals surface area contributed by atoms with E-state index in [-0.39, 0.29) is 11.7 Å². The smallest absolute Gasteiger partial charge is 0.306 e. The van der Waals surface area contributed by atoms with E-state index in [1.165, 1.54) is 6.07 Å². The highest BCUT2D eigenvalue weighted by molar-refractivity contribution is 5.83. The van der Waals surface area contributed by atoms with Gasteiger partial charge in [0.2, 0.25) is 6.10 Å². The van der Waals surface area contributed by atoms with Crippen molar-refractivity contribution >= 4 is 11.9 Å². The lowest BCUT2D eigenvalue weighted by molar-refractivity contribution is -0.148. The van der Waals surface area contributed by atoms with Gasteiger partial charge in [0.05, 0.1) is 5.92 Å². The van der Waals surface area contributed by atoms with Gasteiger partial charge < -0.3 is 14.7 Å². The van der Waals surface area contributed by atoms with Crippen LogP contribution >= 0.6 is 0 Å². The Balaban J connectivity index is 1.81. The third-order valence-corrected chi connectivity index (χ3v) is 4.63. The SMILES string of the molecule is O=C(O)C1CCN(C(=O)C(Oc2ccc(F)c(F)c2)c2ccccc2)CC1. The van der Waals surface area contributed by atoms with Gasteiger partial charge in [-0.25, -0.2) is 8.78 Å². The topological polar surface area (TPSA) is 66.8 Å². The van der Waals surface area contributed by atoms with Gasteiger partial charge in [-0.2, -0.15) is 0 Å². The highest BCUT2D eigenvalue weighted by Gasteiger charge is 2.32. The molecule has 0 aromatic heterocycles. The zero-order valence-electron chi connectivity index (χ0n) is 14.5. The highest BCUT2D eigenvalue weighted by atomic mass is 19.2. The van der Waals surface area contributed by atoms with E-state index < -0.39 is 29.6 Å². The van der Waals surface area contributed by atoms with Crippen molar-refractivity contribution in [3.8, 4) is 5.75 Å². The molecule has 1 saturated heterocycles. The van der Waals surface area contributed by atoms with E-state index in [4.69, 9.17) is 9.84 Å². The molecule has 5 nitrogen and oxygen atoms in total. The number of ether oxygens (including phenoxy) is 1. The number of piperidine rings is 1. The maximum atomic E-state index is 13.5. The fourth-order valence-electron chi connectivity index (χ4n) is 3.09. The molecule has 1 fully saturated rings. The average molecular weight is 375 g/mol. The summed E-state index contributed by atoms with van der Waals surface area (Å²) >= 11 is 0. The lowest BCUT2D eigenvalue weighted by Crippen LogP contribution is -2.43. The number of nitrogens with zero attached hydrogens (tertiary/aromatic N) is 1. The van der Waals surface area contributed by atoms with Gasteiger partial charge in [-0.1, -0.05) is 30.3 Å². The quantitative estimate of drug-likeness (QED) is 0.870. The van der Waals surface area contributed by atoms with Crippen LogP contribution in [0.25, 0.3) is 0 Å². The predicted molar refractivity (Wildman–Crippen MR) is 93.1 cm³/mol. The molecule has 3 rings (SSSR count). The van der Waals surface area contributed by atoms with Crippen LogP contribution in [0.1, 0.15) is 24.5 Å². The number of halogens is 2. The average Bonchev–Trinajstić information content (AvgIpc) is 2.69. The molecule has 1 atom stereocenters. The third kappa shape index (κ3) is 4.42. The van der Waals surface area contributed by atoms with E-state index >= 15 is 0 Å². The molecular formula is C20H19F2NO4. The van der Waals surface area contributed by atoms with Crippen molar-refractivity contribution in [2.75, 3.05) is 13.1 Å². The molecule has 0 aliphatic carbocycles. The summed E-state index contributed by atoms with van der Waals surface area (Å²) in [6.45, 7) is 0.612. The minimum atomic E-state index is -1.06. The molecule has 1 N–H and O–H groups in total. The maximum Gasteiger partial charge on any atom is 0.306 e. The first kappa shape index (κ1) is 18.8. The van der Waals surface area contributed by atoms with Crippen LogP contribution in [0.3, 0.4) is 0 Å². The number of amides is 1.